The molecule has 1 saturated carbocycles. The first-order valence-corrected chi connectivity index (χ1v) is 12.9. The van der Waals surface area contributed by atoms with Gasteiger partial charge in [-0.1, -0.05) is 0 Å². The summed E-state index contributed by atoms with van der Waals surface area (Å²) in [7, 11) is -1.30. The molecule has 0 aromatic carbocycles. The van der Waals surface area contributed by atoms with Crippen LogP contribution in [0, 0.1) is 5.92 Å². The second-order valence-corrected chi connectivity index (χ2v) is 10.4. The zero-order valence-corrected chi connectivity index (χ0v) is 21.3. The van der Waals surface area contributed by atoms with Gasteiger partial charge >= 0.3 is 22.2 Å². The summed E-state index contributed by atoms with van der Waals surface area (Å²) in [6.07, 6.45) is 0.983. The number of halogens is 3. The predicted molar refractivity (Wildman–Crippen MR) is 126 cm³/mol. The number of rotatable bonds is 9. The first-order valence-electron chi connectivity index (χ1n) is 11.5. The van der Waals surface area contributed by atoms with E-state index < -0.39 is 40.0 Å². The number of nitrogens with one attached hydrogen (secondary N) is 1. The van der Waals surface area contributed by atoms with Crippen LogP contribution in [-0.2, 0) is 41.3 Å². The highest BCUT2D eigenvalue weighted by Gasteiger charge is 2.43. The monoisotopic (exact) mass is 558 g/mol. The molecule has 0 radical (unpaired) electrons. The molecule has 0 spiro atoms. The third kappa shape index (κ3) is 6.20. The SMILES string of the molecule is Cn1c(Cn2ccc(C(=O)c3cncnc3NC3CC(O)C(COS(N)(=O)=O)C3)c2)cc(C(F)(F)F)[n+]1C. The normalized spacial score (nSPS) is 20.1. The molecule has 16 heteroatoms. The van der Waals surface area contributed by atoms with Gasteiger partial charge in [0.2, 0.25) is 0 Å². The average molecular weight is 559 g/mol. The molecule has 4 N–H and O–H groups in total. The molecule has 3 aromatic rings. The Hall–Kier alpha value is -3.34. The molecule has 0 bridgehead atoms. The Kier molecular flexibility index (Phi) is 7.60. The minimum absolute atomic E-state index is 0.103. The fourth-order valence-corrected chi connectivity index (χ4v) is 4.88. The van der Waals surface area contributed by atoms with E-state index in [9.17, 15) is 31.5 Å². The maximum Gasteiger partial charge on any atom is 0.479 e. The molecule has 12 nitrogen and oxygen atoms in total. The van der Waals surface area contributed by atoms with E-state index in [0.29, 0.717) is 12.1 Å². The lowest BCUT2D eigenvalue weighted by atomic mass is 10.1. The highest BCUT2D eigenvalue weighted by atomic mass is 32.2. The maximum absolute atomic E-state index is 13.3. The van der Waals surface area contributed by atoms with Crippen molar-refractivity contribution in [3.63, 3.8) is 0 Å². The van der Waals surface area contributed by atoms with E-state index in [1.165, 1.54) is 37.5 Å². The van der Waals surface area contributed by atoms with Crippen LogP contribution < -0.4 is 15.1 Å². The quantitative estimate of drug-likeness (QED) is 0.253. The smallest absolute Gasteiger partial charge is 0.393 e. The lowest BCUT2D eigenvalue weighted by molar-refractivity contribution is -0.766. The van der Waals surface area contributed by atoms with Gasteiger partial charge in [-0.15, -0.1) is 4.68 Å². The minimum atomic E-state index is -4.50. The van der Waals surface area contributed by atoms with Gasteiger partial charge in [0, 0.05) is 42.2 Å². The topological polar surface area (TPSA) is 158 Å². The van der Waals surface area contributed by atoms with Crippen LogP contribution in [0.5, 0.6) is 0 Å². The number of ketones is 1. The van der Waals surface area contributed by atoms with Crippen LogP contribution >= 0.6 is 0 Å². The number of aliphatic hydroxyl groups excluding tert-OH is 1. The summed E-state index contributed by atoms with van der Waals surface area (Å²) in [6.45, 7) is -0.170. The van der Waals surface area contributed by atoms with Gasteiger partial charge in [-0.3, -0.25) is 8.98 Å². The van der Waals surface area contributed by atoms with Gasteiger partial charge in [-0.2, -0.15) is 26.3 Å². The third-order valence-electron chi connectivity index (χ3n) is 6.57. The first-order chi connectivity index (χ1) is 17.7. The van der Waals surface area contributed by atoms with Crippen LogP contribution in [0.15, 0.2) is 37.1 Å². The van der Waals surface area contributed by atoms with Crippen molar-refractivity contribution in [3.05, 3.63) is 59.6 Å². The van der Waals surface area contributed by atoms with Crippen molar-refractivity contribution in [2.45, 2.75) is 37.7 Å². The molecule has 1 aliphatic carbocycles. The summed E-state index contributed by atoms with van der Waals surface area (Å²) in [4.78, 5) is 21.4. The number of aliphatic hydroxyl groups is 1. The standard InChI is InChI=1S/C22H26F3N7O5S/c1-30-16(7-19(31(30)2)22(23,24)25)10-32-4-3-13(9-32)20(34)17-8-27-12-28-21(17)29-15-5-14(18(33)6-15)11-37-38(26,35)36/h3-4,7-9,12,14-15,18,33H,5-6,10-11H2,1-2H3,(H2-,26,27,28,29,34,35,36)/p+1. The van der Waals surface area contributed by atoms with Crippen LogP contribution in [0.2, 0.25) is 0 Å². The second kappa shape index (κ2) is 10.4. The predicted octanol–water partition coefficient (Wildman–Crippen LogP) is 0.511. The summed E-state index contributed by atoms with van der Waals surface area (Å²) < 4.78 is 70.4. The zero-order valence-electron chi connectivity index (χ0n) is 20.5. The Morgan fingerprint density at radius 1 is 1.37 bits per heavy atom. The Morgan fingerprint density at radius 2 is 2.11 bits per heavy atom. The average Bonchev–Trinajstić information content (AvgIpc) is 3.51. The fraction of sp³-hybridized carbons (Fsp3) is 0.455. The van der Waals surface area contributed by atoms with Crippen molar-refractivity contribution >= 4 is 21.9 Å². The van der Waals surface area contributed by atoms with Crippen molar-refractivity contribution in [3.8, 4) is 0 Å². The van der Waals surface area contributed by atoms with Crippen LogP contribution in [0.3, 0.4) is 0 Å². The van der Waals surface area contributed by atoms with Gasteiger partial charge in [0.15, 0.2) is 12.8 Å². The molecule has 0 aliphatic heterocycles. The second-order valence-electron chi connectivity index (χ2n) is 9.17. The van der Waals surface area contributed by atoms with Crippen molar-refractivity contribution in [2.75, 3.05) is 11.9 Å². The van der Waals surface area contributed by atoms with Gasteiger partial charge in [0.25, 0.3) is 0 Å². The van der Waals surface area contributed by atoms with Crippen LogP contribution in [0.1, 0.15) is 40.2 Å². The number of carbonyl (C=O) groups excluding carboxylic acids is 1. The Morgan fingerprint density at radius 3 is 2.76 bits per heavy atom. The molecule has 3 atom stereocenters. The first kappa shape index (κ1) is 27.7. The van der Waals surface area contributed by atoms with Gasteiger partial charge in [-0.05, 0) is 18.9 Å². The summed E-state index contributed by atoms with van der Waals surface area (Å²) in [5.41, 5.74) is 0.0450. The molecular weight excluding hydrogens is 531 g/mol. The molecule has 4 rings (SSSR count). The van der Waals surface area contributed by atoms with Crippen molar-refractivity contribution in [1.29, 1.82) is 0 Å². The van der Waals surface area contributed by atoms with E-state index in [0.717, 1.165) is 10.7 Å². The lowest BCUT2D eigenvalue weighted by Crippen LogP contribution is -2.44. The number of hydrogen-bond acceptors (Lipinski definition) is 8. The molecule has 3 unspecified atom stereocenters. The highest BCUT2D eigenvalue weighted by Crippen LogP contribution is 2.30. The van der Waals surface area contributed by atoms with Gasteiger partial charge in [0.05, 0.1) is 31.9 Å². The molecular formula is C22H27F3N7O5S+. The number of carbonyl (C=O) groups is 1. The molecule has 3 aromatic heterocycles. The van der Waals surface area contributed by atoms with E-state index in [-0.39, 0.29) is 42.6 Å². The van der Waals surface area contributed by atoms with E-state index in [2.05, 4.69) is 19.5 Å². The van der Waals surface area contributed by atoms with E-state index >= 15 is 0 Å². The summed E-state index contributed by atoms with van der Waals surface area (Å²) in [5, 5.41) is 18.2. The Balaban J connectivity index is 1.47. The molecule has 38 heavy (non-hydrogen) atoms. The highest BCUT2D eigenvalue weighted by molar-refractivity contribution is 7.84. The molecule has 3 heterocycles. The number of aromatic nitrogens is 5. The van der Waals surface area contributed by atoms with Crippen molar-refractivity contribution in [2.24, 2.45) is 25.2 Å². The third-order valence-corrected chi connectivity index (χ3v) is 7.03. The zero-order chi connectivity index (χ0) is 27.8. The lowest BCUT2D eigenvalue weighted by Gasteiger charge is -2.15. The van der Waals surface area contributed by atoms with Crippen molar-refractivity contribution < 1.29 is 40.4 Å². The van der Waals surface area contributed by atoms with Gasteiger partial charge in [-0.25, -0.2) is 15.1 Å². The number of alkyl halides is 3. The number of nitrogens with two attached hydrogens (primary N) is 1. The van der Waals surface area contributed by atoms with Gasteiger partial charge < -0.3 is 15.0 Å². The maximum atomic E-state index is 13.3. The van der Waals surface area contributed by atoms with Crippen molar-refractivity contribution in [1.82, 2.24) is 19.2 Å². The largest absolute Gasteiger partial charge is 0.479 e. The van der Waals surface area contributed by atoms with E-state index in [1.807, 2.05) is 0 Å². The minimum Gasteiger partial charge on any atom is -0.393 e. The van der Waals surface area contributed by atoms with Gasteiger partial charge in [0.1, 0.15) is 17.8 Å². The van der Waals surface area contributed by atoms with E-state index in [1.54, 1.807) is 16.8 Å². The van der Waals surface area contributed by atoms with Crippen LogP contribution in [-0.4, -0.2) is 57.3 Å². The molecule has 0 amide bonds. The Labute approximate surface area is 216 Å². The number of nitrogens with zero attached hydrogens (tertiary/aromatic N) is 5. The summed E-state index contributed by atoms with van der Waals surface area (Å²) in [6, 6.07) is 2.28. The Bertz CT molecular complexity index is 1440. The summed E-state index contributed by atoms with van der Waals surface area (Å²) >= 11 is 0. The van der Waals surface area contributed by atoms with E-state index in [4.69, 9.17) is 5.14 Å². The number of hydrogen-bond donors (Lipinski definition) is 3. The fourth-order valence-electron chi connectivity index (χ4n) is 4.51. The number of anilines is 1. The molecule has 1 aliphatic rings. The molecule has 0 saturated heterocycles. The summed E-state index contributed by atoms with van der Waals surface area (Å²) in [5.74, 6) is -0.668. The van der Waals surface area contributed by atoms with Crippen LogP contribution in [0.25, 0.3) is 0 Å². The van der Waals surface area contributed by atoms with Crippen LogP contribution in [0.4, 0.5) is 19.0 Å². The molecule has 206 valence electrons. The molecule has 1 fully saturated rings.